The van der Waals surface area contributed by atoms with E-state index in [1.807, 2.05) is 0 Å². The molecule has 1 aliphatic carbocycles. The van der Waals surface area contributed by atoms with Crippen molar-refractivity contribution in [1.82, 2.24) is 5.32 Å². The third kappa shape index (κ3) is 3.33. The molecule has 0 bridgehead atoms. The fourth-order valence-corrected chi connectivity index (χ4v) is 3.32. The highest BCUT2D eigenvalue weighted by Crippen LogP contribution is 2.32. The van der Waals surface area contributed by atoms with Crippen molar-refractivity contribution >= 4 is 34.8 Å². The Morgan fingerprint density at radius 3 is 2.56 bits per heavy atom. The zero-order valence-corrected chi connectivity index (χ0v) is 12.7. The molecule has 4 heteroatoms. The number of rotatable bonds is 4. The Bertz CT molecular complexity index is 420. The van der Waals surface area contributed by atoms with E-state index in [1.165, 1.54) is 19.3 Å². The van der Waals surface area contributed by atoms with Gasteiger partial charge in [-0.15, -0.1) is 0 Å². The molecule has 0 aliphatic heterocycles. The Morgan fingerprint density at radius 1 is 1.17 bits per heavy atom. The van der Waals surface area contributed by atoms with Crippen LogP contribution in [0.15, 0.2) is 12.1 Å². The van der Waals surface area contributed by atoms with Gasteiger partial charge in [0.2, 0.25) is 0 Å². The molecule has 1 aromatic carbocycles. The van der Waals surface area contributed by atoms with Crippen LogP contribution in [0.3, 0.4) is 0 Å². The first-order valence-electron chi connectivity index (χ1n) is 6.42. The lowest BCUT2D eigenvalue weighted by Gasteiger charge is -2.17. The highest BCUT2D eigenvalue weighted by molar-refractivity contribution is 6.44. The van der Waals surface area contributed by atoms with Crippen molar-refractivity contribution in [2.75, 3.05) is 6.54 Å². The van der Waals surface area contributed by atoms with Crippen molar-refractivity contribution in [2.45, 2.75) is 32.7 Å². The SMILES string of the molecule is CC1CCCC1CNCc1c(Cl)ccc(Cl)c1Cl. The summed E-state index contributed by atoms with van der Waals surface area (Å²) in [5, 5.41) is 5.26. The van der Waals surface area contributed by atoms with Gasteiger partial charge < -0.3 is 5.32 Å². The normalized spacial score (nSPS) is 23.6. The zero-order valence-electron chi connectivity index (χ0n) is 10.5. The molecule has 100 valence electrons. The summed E-state index contributed by atoms with van der Waals surface area (Å²) < 4.78 is 0. The summed E-state index contributed by atoms with van der Waals surface area (Å²) in [6.45, 7) is 4.04. The summed E-state index contributed by atoms with van der Waals surface area (Å²) in [5.41, 5.74) is 0.900. The second-order valence-electron chi connectivity index (χ2n) is 5.12. The molecule has 1 fully saturated rings. The highest BCUT2D eigenvalue weighted by Gasteiger charge is 2.22. The summed E-state index contributed by atoms with van der Waals surface area (Å²) in [6.07, 6.45) is 4.03. The molecule has 1 saturated carbocycles. The molecule has 0 saturated heterocycles. The lowest BCUT2D eigenvalue weighted by molar-refractivity contribution is 0.392. The van der Waals surface area contributed by atoms with E-state index in [4.69, 9.17) is 34.8 Å². The summed E-state index contributed by atoms with van der Waals surface area (Å²) in [6, 6.07) is 3.53. The summed E-state index contributed by atoms with van der Waals surface area (Å²) >= 11 is 18.3. The van der Waals surface area contributed by atoms with Gasteiger partial charge in [0.05, 0.1) is 10.0 Å². The molecule has 0 heterocycles. The molecule has 1 aromatic rings. The van der Waals surface area contributed by atoms with Crippen molar-refractivity contribution in [3.63, 3.8) is 0 Å². The summed E-state index contributed by atoms with van der Waals surface area (Å²) in [4.78, 5) is 0. The van der Waals surface area contributed by atoms with Gasteiger partial charge in [-0.3, -0.25) is 0 Å². The molecule has 0 amide bonds. The van der Waals surface area contributed by atoms with Gasteiger partial charge in [0.15, 0.2) is 0 Å². The van der Waals surface area contributed by atoms with Crippen LogP contribution in [0.25, 0.3) is 0 Å². The van der Waals surface area contributed by atoms with E-state index in [0.717, 1.165) is 23.9 Å². The minimum atomic E-state index is 0.562. The second kappa shape index (κ2) is 6.47. The molecule has 1 N–H and O–H groups in total. The maximum absolute atomic E-state index is 6.17. The molecule has 2 atom stereocenters. The predicted octanol–water partition coefficient (Wildman–Crippen LogP) is 5.17. The molecular weight excluding hydrogens is 289 g/mol. The molecule has 2 unspecified atom stereocenters. The molecule has 2 rings (SSSR count). The van der Waals surface area contributed by atoms with Gasteiger partial charge in [-0.25, -0.2) is 0 Å². The highest BCUT2D eigenvalue weighted by atomic mass is 35.5. The van der Waals surface area contributed by atoms with Crippen LogP contribution >= 0.6 is 34.8 Å². The Morgan fingerprint density at radius 2 is 1.89 bits per heavy atom. The number of hydrogen-bond acceptors (Lipinski definition) is 1. The fourth-order valence-electron chi connectivity index (χ4n) is 2.64. The quantitative estimate of drug-likeness (QED) is 0.756. The fraction of sp³-hybridized carbons (Fsp3) is 0.571. The topological polar surface area (TPSA) is 12.0 Å². The van der Waals surface area contributed by atoms with Crippen molar-refractivity contribution in [1.29, 1.82) is 0 Å². The summed E-state index contributed by atoms with van der Waals surface area (Å²) in [7, 11) is 0. The van der Waals surface area contributed by atoms with Crippen LogP contribution in [0.5, 0.6) is 0 Å². The Labute approximate surface area is 124 Å². The maximum atomic E-state index is 6.17. The van der Waals surface area contributed by atoms with Crippen LogP contribution in [0, 0.1) is 11.8 Å². The number of nitrogens with one attached hydrogen (secondary N) is 1. The van der Waals surface area contributed by atoms with Gasteiger partial charge in [-0.05, 0) is 36.9 Å². The van der Waals surface area contributed by atoms with E-state index in [0.29, 0.717) is 21.6 Å². The van der Waals surface area contributed by atoms with Crippen LogP contribution in [-0.4, -0.2) is 6.54 Å². The minimum absolute atomic E-state index is 0.562. The first kappa shape index (κ1) is 14.5. The van der Waals surface area contributed by atoms with Crippen LogP contribution < -0.4 is 5.32 Å². The van der Waals surface area contributed by atoms with Crippen LogP contribution in [0.4, 0.5) is 0 Å². The van der Waals surface area contributed by atoms with E-state index < -0.39 is 0 Å². The van der Waals surface area contributed by atoms with Crippen LogP contribution in [0.2, 0.25) is 15.1 Å². The average Bonchev–Trinajstić information content (AvgIpc) is 2.74. The monoisotopic (exact) mass is 305 g/mol. The van der Waals surface area contributed by atoms with Gasteiger partial charge in [0.25, 0.3) is 0 Å². The van der Waals surface area contributed by atoms with E-state index in [2.05, 4.69) is 12.2 Å². The third-order valence-electron chi connectivity index (χ3n) is 3.89. The van der Waals surface area contributed by atoms with Gasteiger partial charge in [0.1, 0.15) is 0 Å². The van der Waals surface area contributed by atoms with E-state index in [9.17, 15) is 0 Å². The molecule has 1 aliphatic rings. The Balaban J connectivity index is 1.92. The van der Waals surface area contributed by atoms with E-state index >= 15 is 0 Å². The van der Waals surface area contributed by atoms with Crippen molar-refractivity contribution in [3.05, 3.63) is 32.8 Å². The standard InChI is InChI=1S/C14H18Cl3N/c1-9-3-2-4-10(9)7-18-8-11-12(15)5-6-13(16)14(11)17/h5-6,9-10,18H,2-4,7-8H2,1H3. The van der Waals surface area contributed by atoms with Gasteiger partial charge in [-0.2, -0.15) is 0 Å². The summed E-state index contributed by atoms with van der Waals surface area (Å²) in [5.74, 6) is 1.60. The largest absolute Gasteiger partial charge is 0.312 e. The third-order valence-corrected chi connectivity index (χ3v) is 5.08. The predicted molar refractivity (Wildman–Crippen MR) is 79.7 cm³/mol. The van der Waals surface area contributed by atoms with Gasteiger partial charge >= 0.3 is 0 Å². The first-order chi connectivity index (χ1) is 8.59. The zero-order chi connectivity index (χ0) is 13.1. The lowest BCUT2D eigenvalue weighted by atomic mass is 9.98. The van der Waals surface area contributed by atoms with E-state index in [1.54, 1.807) is 12.1 Å². The Kier molecular flexibility index (Phi) is 5.20. The molecule has 0 aromatic heterocycles. The minimum Gasteiger partial charge on any atom is -0.312 e. The second-order valence-corrected chi connectivity index (χ2v) is 6.31. The average molecular weight is 307 g/mol. The maximum Gasteiger partial charge on any atom is 0.0652 e. The van der Waals surface area contributed by atoms with Crippen molar-refractivity contribution < 1.29 is 0 Å². The molecule has 0 spiro atoms. The molecule has 18 heavy (non-hydrogen) atoms. The van der Waals surface area contributed by atoms with Crippen molar-refractivity contribution in [2.24, 2.45) is 11.8 Å². The van der Waals surface area contributed by atoms with Crippen molar-refractivity contribution in [3.8, 4) is 0 Å². The van der Waals surface area contributed by atoms with Crippen LogP contribution in [-0.2, 0) is 6.54 Å². The first-order valence-corrected chi connectivity index (χ1v) is 7.56. The molecule has 1 nitrogen and oxygen atoms in total. The number of hydrogen-bond donors (Lipinski definition) is 1. The molecule has 0 radical (unpaired) electrons. The Hall–Kier alpha value is 0.0500. The van der Waals surface area contributed by atoms with Gasteiger partial charge in [-0.1, -0.05) is 54.6 Å². The smallest absolute Gasteiger partial charge is 0.0652 e. The lowest BCUT2D eigenvalue weighted by Crippen LogP contribution is -2.24. The molecular formula is C14H18Cl3N. The van der Waals surface area contributed by atoms with Crippen LogP contribution in [0.1, 0.15) is 31.7 Å². The van der Waals surface area contributed by atoms with E-state index in [-0.39, 0.29) is 0 Å². The van der Waals surface area contributed by atoms with Gasteiger partial charge in [0, 0.05) is 17.1 Å². The number of benzene rings is 1. The number of halogens is 3.